The highest BCUT2D eigenvalue weighted by Crippen LogP contribution is 2.13. The second kappa shape index (κ2) is 10.9. The molecule has 7 nitrogen and oxygen atoms in total. The third-order valence-corrected chi connectivity index (χ3v) is 4.62. The van der Waals surface area contributed by atoms with Gasteiger partial charge in [0.1, 0.15) is 17.6 Å². The van der Waals surface area contributed by atoms with E-state index in [-0.39, 0.29) is 11.8 Å². The lowest BCUT2D eigenvalue weighted by atomic mass is 9.98. The quantitative estimate of drug-likeness (QED) is 0.578. The van der Waals surface area contributed by atoms with Crippen molar-refractivity contribution in [2.24, 2.45) is 5.92 Å². The Morgan fingerprint density at radius 2 is 1.53 bits per heavy atom. The lowest BCUT2D eigenvalue weighted by molar-refractivity contribution is -0.133. The van der Waals surface area contributed by atoms with Crippen molar-refractivity contribution in [3.05, 3.63) is 66.0 Å². The summed E-state index contributed by atoms with van der Waals surface area (Å²) in [5.74, 6) is -1.78. The first kappa shape index (κ1) is 22.9. The van der Waals surface area contributed by atoms with E-state index in [2.05, 4.69) is 16.2 Å². The zero-order valence-electron chi connectivity index (χ0n) is 17.1. The molecule has 30 heavy (non-hydrogen) atoms. The molecule has 0 saturated carbocycles. The maximum absolute atomic E-state index is 12.9. The SMILES string of the molecule is CC[C@H](C)[C@H](NC(=O)c1ccccc1)C(=O)NNC(=O)[C@H](C)Oc1ccc(F)cc1. The Labute approximate surface area is 175 Å². The summed E-state index contributed by atoms with van der Waals surface area (Å²) in [5, 5.41) is 2.71. The number of amides is 3. The van der Waals surface area contributed by atoms with E-state index in [9.17, 15) is 18.8 Å². The lowest BCUT2D eigenvalue weighted by Gasteiger charge is -2.24. The second-order valence-corrected chi connectivity index (χ2v) is 6.90. The molecule has 0 radical (unpaired) electrons. The van der Waals surface area contributed by atoms with Crippen LogP contribution >= 0.6 is 0 Å². The highest BCUT2D eigenvalue weighted by atomic mass is 19.1. The van der Waals surface area contributed by atoms with Gasteiger partial charge in [0.15, 0.2) is 6.10 Å². The van der Waals surface area contributed by atoms with Crippen LogP contribution in [0, 0.1) is 11.7 Å². The molecule has 0 fully saturated rings. The molecule has 3 amide bonds. The van der Waals surface area contributed by atoms with E-state index >= 15 is 0 Å². The molecule has 2 aromatic rings. The smallest absolute Gasteiger partial charge is 0.279 e. The van der Waals surface area contributed by atoms with Crippen LogP contribution in [0.2, 0.25) is 0 Å². The highest BCUT2D eigenvalue weighted by molar-refractivity contribution is 5.97. The molecule has 0 heterocycles. The first-order valence-corrected chi connectivity index (χ1v) is 9.69. The fourth-order valence-electron chi connectivity index (χ4n) is 2.59. The summed E-state index contributed by atoms with van der Waals surface area (Å²) in [4.78, 5) is 37.3. The predicted molar refractivity (Wildman–Crippen MR) is 110 cm³/mol. The van der Waals surface area contributed by atoms with Crippen LogP contribution in [0.1, 0.15) is 37.6 Å². The van der Waals surface area contributed by atoms with Gasteiger partial charge < -0.3 is 10.1 Å². The maximum atomic E-state index is 12.9. The Kier molecular flexibility index (Phi) is 8.34. The highest BCUT2D eigenvalue weighted by Gasteiger charge is 2.27. The van der Waals surface area contributed by atoms with Gasteiger partial charge in [-0.2, -0.15) is 0 Å². The molecule has 2 rings (SSSR count). The first-order chi connectivity index (χ1) is 14.3. The molecule has 0 unspecified atom stereocenters. The third kappa shape index (κ3) is 6.58. The van der Waals surface area contributed by atoms with Gasteiger partial charge in [-0.3, -0.25) is 25.2 Å². The topological polar surface area (TPSA) is 96.5 Å². The van der Waals surface area contributed by atoms with Crippen molar-refractivity contribution in [3.8, 4) is 5.75 Å². The van der Waals surface area contributed by atoms with Gasteiger partial charge in [0.25, 0.3) is 17.7 Å². The standard InChI is InChI=1S/C22H26FN3O4/c1-4-14(2)19(24-21(28)16-8-6-5-7-9-16)22(29)26-25-20(27)15(3)30-18-12-10-17(23)11-13-18/h5-15,19H,4H2,1-3H3,(H,24,28)(H,25,27)(H,26,29)/t14-,15-,19-/m0/s1. The van der Waals surface area contributed by atoms with Gasteiger partial charge >= 0.3 is 0 Å². The number of carbonyl (C=O) groups excluding carboxylic acids is 3. The van der Waals surface area contributed by atoms with Crippen LogP contribution < -0.4 is 20.9 Å². The van der Waals surface area contributed by atoms with Crippen molar-refractivity contribution < 1.29 is 23.5 Å². The van der Waals surface area contributed by atoms with Crippen LogP contribution in [-0.4, -0.2) is 29.9 Å². The van der Waals surface area contributed by atoms with Crippen LogP contribution in [0.4, 0.5) is 4.39 Å². The van der Waals surface area contributed by atoms with E-state index in [0.717, 1.165) is 0 Å². The summed E-state index contributed by atoms with van der Waals surface area (Å²) in [6.45, 7) is 5.22. The summed E-state index contributed by atoms with van der Waals surface area (Å²) in [7, 11) is 0. The van der Waals surface area contributed by atoms with E-state index in [1.54, 1.807) is 30.3 Å². The van der Waals surface area contributed by atoms with Crippen LogP contribution in [0.25, 0.3) is 0 Å². The van der Waals surface area contributed by atoms with Crippen molar-refractivity contribution in [1.29, 1.82) is 0 Å². The van der Waals surface area contributed by atoms with Gasteiger partial charge in [0.2, 0.25) is 0 Å². The number of halogens is 1. The number of carbonyl (C=O) groups is 3. The molecule has 3 atom stereocenters. The molecule has 8 heteroatoms. The van der Waals surface area contributed by atoms with E-state index in [4.69, 9.17) is 4.74 Å². The van der Waals surface area contributed by atoms with Crippen LogP contribution in [0.5, 0.6) is 5.75 Å². The van der Waals surface area contributed by atoms with Crippen LogP contribution in [0.15, 0.2) is 54.6 Å². The average Bonchev–Trinajstić information content (AvgIpc) is 2.76. The largest absolute Gasteiger partial charge is 0.481 e. The van der Waals surface area contributed by atoms with Crippen LogP contribution in [-0.2, 0) is 9.59 Å². The summed E-state index contributed by atoms with van der Waals surface area (Å²) in [6.07, 6.45) is -0.290. The molecule has 160 valence electrons. The molecule has 0 bridgehead atoms. The molecule has 0 saturated heterocycles. The Morgan fingerprint density at radius 1 is 0.933 bits per heavy atom. The number of hydrogen-bond donors (Lipinski definition) is 3. The Hall–Kier alpha value is -3.42. The summed E-state index contributed by atoms with van der Waals surface area (Å²) in [5.41, 5.74) is 5.07. The summed E-state index contributed by atoms with van der Waals surface area (Å²) in [6, 6.07) is 12.9. The van der Waals surface area contributed by atoms with Gasteiger partial charge in [-0.15, -0.1) is 0 Å². The molecule has 3 N–H and O–H groups in total. The lowest BCUT2D eigenvalue weighted by Crippen LogP contribution is -2.56. The minimum absolute atomic E-state index is 0.164. The maximum Gasteiger partial charge on any atom is 0.279 e. The minimum Gasteiger partial charge on any atom is -0.481 e. The fourth-order valence-corrected chi connectivity index (χ4v) is 2.59. The Bertz CT molecular complexity index is 858. The fraction of sp³-hybridized carbons (Fsp3) is 0.318. The molecular weight excluding hydrogens is 389 g/mol. The number of hydrazine groups is 1. The molecular formula is C22H26FN3O4. The average molecular weight is 415 g/mol. The number of ether oxygens (including phenoxy) is 1. The minimum atomic E-state index is -0.934. The van der Waals surface area contributed by atoms with E-state index in [1.165, 1.54) is 31.2 Å². The van der Waals surface area contributed by atoms with Crippen molar-refractivity contribution >= 4 is 17.7 Å². The molecule has 0 aromatic heterocycles. The predicted octanol–water partition coefficient (Wildman–Crippen LogP) is 2.59. The number of rotatable bonds is 8. The number of nitrogens with one attached hydrogen (secondary N) is 3. The molecule has 0 aliphatic heterocycles. The monoisotopic (exact) mass is 415 g/mol. The van der Waals surface area contributed by atoms with E-state index < -0.39 is 29.8 Å². The number of benzene rings is 2. The Morgan fingerprint density at radius 3 is 2.13 bits per heavy atom. The van der Waals surface area contributed by atoms with Gasteiger partial charge in [-0.1, -0.05) is 38.5 Å². The van der Waals surface area contributed by atoms with Gasteiger partial charge in [0.05, 0.1) is 0 Å². The van der Waals surface area contributed by atoms with E-state index in [0.29, 0.717) is 17.7 Å². The van der Waals surface area contributed by atoms with Gasteiger partial charge in [-0.25, -0.2) is 4.39 Å². The van der Waals surface area contributed by atoms with E-state index in [1.807, 2.05) is 13.8 Å². The molecule has 0 aliphatic rings. The zero-order valence-corrected chi connectivity index (χ0v) is 17.1. The van der Waals surface area contributed by atoms with Crippen molar-refractivity contribution in [2.45, 2.75) is 39.3 Å². The van der Waals surface area contributed by atoms with Crippen molar-refractivity contribution in [1.82, 2.24) is 16.2 Å². The summed E-state index contributed by atoms with van der Waals surface area (Å²) < 4.78 is 18.4. The molecule has 2 aromatic carbocycles. The number of hydrogen-bond acceptors (Lipinski definition) is 4. The third-order valence-electron chi connectivity index (χ3n) is 4.62. The van der Waals surface area contributed by atoms with Crippen LogP contribution in [0.3, 0.4) is 0 Å². The molecule has 0 aliphatic carbocycles. The van der Waals surface area contributed by atoms with Crippen molar-refractivity contribution in [2.75, 3.05) is 0 Å². The normalized spacial score (nSPS) is 13.5. The Balaban J connectivity index is 1.93. The summed E-state index contributed by atoms with van der Waals surface area (Å²) >= 11 is 0. The van der Waals surface area contributed by atoms with Crippen molar-refractivity contribution in [3.63, 3.8) is 0 Å². The second-order valence-electron chi connectivity index (χ2n) is 6.90. The zero-order chi connectivity index (χ0) is 22.1. The van der Waals surface area contributed by atoms with Gasteiger partial charge in [0, 0.05) is 5.56 Å². The molecule has 0 spiro atoms. The first-order valence-electron chi connectivity index (χ1n) is 9.69. The van der Waals surface area contributed by atoms with Gasteiger partial charge in [-0.05, 0) is 49.2 Å².